The average Bonchev–Trinajstić information content (AvgIpc) is 0.722. The molecule has 0 amide bonds. The Kier molecular flexibility index (Phi) is 11200. The van der Waals surface area contributed by atoms with Crippen LogP contribution < -0.4 is 0 Å². The zero-order valence-electron chi connectivity index (χ0n) is 12.2. The Balaban J connectivity index is -0.000000000421. The minimum absolute atomic E-state index is 0. The largest absolute Gasteiger partial charge is 3.00 e. The molecule has 0 fully saturated rings. The molecular weight excluding hydrogens is 438 g/mol. The summed E-state index contributed by atoms with van der Waals surface area (Å²) in [4.78, 5) is 0. The van der Waals surface area contributed by atoms with E-state index >= 15 is 0 Å². The summed E-state index contributed by atoms with van der Waals surface area (Å²) < 4.78 is 34.1. The summed E-state index contributed by atoms with van der Waals surface area (Å²) in [6, 6.07) is 0. The van der Waals surface area contributed by atoms with Crippen LogP contribution in [0.1, 0.15) is 0 Å². The van der Waals surface area contributed by atoms with Crippen molar-refractivity contribution in [2.75, 3.05) is 0 Å². The molecule has 0 saturated carbocycles. The van der Waals surface area contributed by atoms with Gasteiger partial charge in [-0.25, -0.2) is 0 Å². The first-order valence-corrected chi connectivity index (χ1v) is 2.00. The molecule has 0 spiro atoms. The van der Waals surface area contributed by atoms with Crippen LogP contribution in [0.3, 0.4) is 0 Å². The van der Waals surface area contributed by atoms with Crippen LogP contribution in [0.4, 0.5) is 0 Å². The van der Waals surface area contributed by atoms with Crippen LogP contribution in [-0.2, 0) is 10.4 Å². The van der Waals surface area contributed by atoms with Crippen LogP contribution in [0.5, 0.6) is 0 Å². The Labute approximate surface area is 161 Å². The van der Waals surface area contributed by atoms with Gasteiger partial charge in [-0.05, 0) is 0 Å². The molecule has 0 rings (SSSR count). The van der Waals surface area contributed by atoms with Crippen molar-refractivity contribution in [2.24, 2.45) is 0 Å². The van der Waals surface area contributed by atoms with Crippen LogP contribution in [0.2, 0.25) is 0 Å². The van der Waals surface area contributed by atoms with Gasteiger partial charge in [0.05, 0.1) is 0 Å². The van der Waals surface area contributed by atoms with Crippen molar-refractivity contribution >= 4 is 45.1 Å². The molecule has 36 N–H and O–H groups in total. The molecule has 25 heteroatoms. The third-order valence-corrected chi connectivity index (χ3v) is 0. The van der Waals surface area contributed by atoms with Crippen LogP contribution in [-0.4, -0.2) is 151 Å². The van der Waals surface area contributed by atoms with Gasteiger partial charge in [-0.1, -0.05) is 0 Å². The van der Waals surface area contributed by atoms with Crippen molar-refractivity contribution in [3.05, 3.63) is 0 Å². The first-order valence-electron chi connectivity index (χ1n) is 0.667. The second kappa shape index (κ2) is 338. The minimum Gasteiger partial charge on any atom is -0.759 e. The van der Waals surface area contributed by atoms with Crippen molar-refractivity contribution in [3.8, 4) is 0 Å². The van der Waals surface area contributed by atoms with Gasteiger partial charge in [0, 0.05) is 10.4 Å². The summed E-state index contributed by atoms with van der Waals surface area (Å²) in [5.74, 6) is 0. The SMILES string of the molecule is O.O.O.O.O.O.O.O.O.O.O.O.O.O.O.O.O.O.O=S(=O)([O-])[O-].[Al+3].[Al+3]. The van der Waals surface area contributed by atoms with E-state index in [4.69, 9.17) is 17.5 Å². The van der Waals surface area contributed by atoms with Crippen LogP contribution in [0.25, 0.3) is 0 Å². The van der Waals surface area contributed by atoms with Gasteiger partial charge in [0.2, 0.25) is 0 Å². The fraction of sp³-hybridized carbons (Fsp3) is 0. The smallest absolute Gasteiger partial charge is 0.759 e. The molecule has 0 aromatic rings. The second-order valence-electron chi connectivity index (χ2n) is 0.408. The predicted molar refractivity (Wildman–Crippen MR) is 87.0 cm³/mol. The molecule has 0 heterocycles. The van der Waals surface area contributed by atoms with E-state index in [1.807, 2.05) is 0 Å². The molecule has 0 bridgehead atoms. The van der Waals surface area contributed by atoms with E-state index in [2.05, 4.69) is 0 Å². The summed E-state index contributed by atoms with van der Waals surface area (Å²) in [5.41, 5.74) is 0. The van der Waals surface area contributed by atoms with E-state index < -0.39 is 10.4 Å². The van der Waals surface area contributed by atoms with Gasteiger partial charge in [-0.3, -0.25) is 8.42 Å². The molecular formula is H36Al2O22S+4. The summed E-state index contributed by atoms with van der Waals surface area (Å²) in [5, 5.41) is 0. The Morgan fingerprint density at radius 3 is 0.320 bits per heavy atom. The quantitative estimate of drug-likeness (QED) is 0.187. The molecule has 0 unspecified atom stereocenters. The maximum Gasteiger partial charge on any atom is 3.00 e. The van der Waals surface area contributed by atoms with Crippen LogP contribution >= 0.6 is 0 Å². The number of hydrogen-bond donors (Lipinski definition) is 0. The molecule has 0 aliphatic carbocycles. The minimum atomic E-state index is -5.17. The van der Waals surface area contributed by atoms with Gasteiger partial charge >= 0.3 is 34.7 Å². The molecule has 22 nitrogen and oxygen atoms in total. The second-order valence-corrected chi connectivity index (χ2v) is 1.22. The third-order valence-electron chi connectivity index (χ3n) is 0. The van der Waals surface area contributed by atoms with E-state index in [0.29, 0.717) is 0 Å². The van der Waals surface area contributed by atoms with E-state index in [-0.39, 0.29) is 133 Å². The Hall–Kier alpha value is 0.215. The van der Waals surface area contributed by atoms with Crippen LogP contribution in [0, 0.1) is 0 Å². The van der Waals surface area contributed by atoms with Crippen molar-refractivity contribution < 1.29 is 116 Å². The van der Waals surface area contributed by atoms with E-state index in [1.165, 1.54) is 0 Å². The monoisotopic (exact) mass is 474 g/mol. The first-order chi connectivity index (χ1) is 2.00. The average molecular weight is 474 g/mol. The Bertz CT molecular complexity index is 99.2. The molecule has 0 saturated heterocycles. The summed E-state index contributed by atoms with van der Waals surface area (Å²) in [7, 11) is -5.17. The zero-order chi connectivity index (χ0) is 4.50. The summed E-state index contributed by atoms with van der Waals surface area (Å²) in [6.45, 7) is 0. The van der Waals surface area contributed by atoms with Crippen molar-refractivity contribution in [2.45, 2.75) is 0 Å². The fourth-order valence-corrected chi connectivity index (χ4v) is 0. The standard InChI is InChI=1S/2Al.H2O4S.18H2O/c;;1-5(2,3)4;;;;;;;;;;;;;;;;;;/h;;(H2,1,2,3,4);18*1H2/q2*+3;;;;;;;;;;;;;;;;;;;/p-2. The fourth-order valence-electron chi connectivity index (χ4n) is 0. The first kappa shape index (κ1) is 832. The maximum absolute atomic E-state index is 8.52. The summed E-state index contributed by atoms with van der Waals surface area (Å²) >= 11 is 0. The van der Waals surface area contributed by atoms with E-state index in [0.717, 1.165) is 0 Å². The van der Waals surface area contributed by atoms with Crippen molar-refractivity contribution in [1.82, 2.24) is 0 Å². The van der Waals surface area contributed by atoms with E-state index in [9.17, 15) is 0 Å². The zero-order valence-corrected chi connectivity index (χ0v) is 15.3. The molecule has 0 atom stereocenters. The third kappa shape index (κ3) is 259000. The predicted octanol–water partition coefficient (Wildman–Crippen LogP) is -16.9. The molecule has 0 aromatic heterocycles. The van der Waals surface area contributed by atoms with Crippen molar-refractivity contribution in [1.29, 1.82) is 0 Å². The van der Waals surface area contributed by atoms with Gasteiger partial charge < -0.3 is 108 Å². The molecule has 0 aromatic carbocycles. The number of rotatable bonds is 0. The van der Waals surface area contributed by atoms with Gasteiger partial charge in [0.15, 0.2) is 0 Å². The maximum atomic E-state index is 8.52. The summed E-state index contributed by atoms with van der Waals surface area (Å²) in [6.07, 6.45) is 0. The van der Waals surface area contributed by atoms with Crippen LogP contribution in [0.15, 0.2) is 0 Å². The normalized spacial score (nSPS) is 2.32. The van der Waals surface area contributed by atoms with Crippen molar-refractivity contribution in [3.63, 3.8) is 0 Å². The van der Waals surface area contributed by atoms with Gasteiger partial charge in [-0.15, -0.1) is 0 Å². The molecule has 0 aliphatic rings. The molecule has 0 radical (unpaired) electrons. The van der Waals surface area contributed by atoms with Gasteiger partial charge in [0.25, 0.3) is 0 Å². The Morgan fingerprint density at radius 1 is 0.320 bits per heavy atom. The van der Waals surface area contributed by atoms with Gasteiger partial charge in [0.1, 0.15) is 0 Å². The molecule has 0 aliphatic heterocycles. The molecule has 176 valence electrons. The number of hydrogen-bond acceptors (Lipinski definition) is 4. The molecule has 25 heavy (non-hydrogen) atoms. The van der Waals surface area contributed by atoms with E-state index in [1.54, 1.807) is 0 Å². The Morgan fingerprint density at radius 2 is 0.320 bits per heavy atom. The van der Waals surface area contributed by atoms with Gasteiger partial charge in [-0.2, -0.15) is 0 Å². The topological polar surface area (TPSA) is 647 Å².